The smallest absolute Gasteiger partial charge is 0.170 e. The maximum absolute atomic E-state index is 11.1. The van der Waals surface area contributed by atoms with Crippen molar-refractivity contribution in [2.75, 3.05) is 0 Å². The fourth-order valence-corrected chi connectivity index (χ4v) is 1.09. The third kappa shape index (κ3) is 0.941. The highest BCUT2D eigenvalue weighted by atomic mass is 16.1. The summed E-state index contributed by atoms with van der Waals surface area (Å²) in [6, 6.07) is 0. The van der Waals surface area contributed by atoms with Crippen molar-refractivity contribution >= 4 is 17.7 Å². The Morgan fingerprint density at radius 1 is 1.36 bits per heavy atom. The van der Waals surface area contributed by atoms with Crippen LogP contribution in [0.5, 0.6) is 0 Å². The van der Waals surface area contributed by atoms with Gasteiger partial charge in [-0.05, 0) is 6.08 Å². The van der Waals surface area contributed by atoms with Gasteiger partial charge in [-0.1, -0.05) is 0 Å². The number of ketones is 1. The van der Waals surface area contributed by atoms with Crippen LogP contribution in [0, 0.1) is 5.92 Å². The first-order chi connectivity index (χ1) is 5.38. The molecule has 0 aliphatic carbocycles. The fraction of sp³-hybridized carbons (Fsp3) is 0.125. The highest BCUT2D eigenvalue weighted by Gasteiger charge is 2.21. The van der Waals surface area contributed by atoms with E-state index in [1.807, 2.05) is 0 Å². The molecule has 0 amide bonds. The first-order valence-electron chi connectivity index (χ1n) is 3.36. The zero-order chi connectivity index (χ0) is 7.68. The first kappa shape index (κ1) is 6.22. The van der Waals surface area contributed by atoms with Gasteiger partial charge in [-0.15, -0.1) is 0 Å². The van der Waals surface area contributed by atoms with Gasteiger partial charge >= 0.3 is 0 Å². The molecule has 2 aliphatic rings. The Bertz CT molecular complexity index is 310. The Hall–Kier alpha value is -1.51. The van der Waals surface area contributed by atoms with Gasteiger partial charge in [0.15, 0.2) is 5.78 Å². The minimum absolute atomic E-state index is 0.0809. The number of hydrogen-bond acceptors (Lipinski definition) is 3. The number of carbonyl (C=O) groups is 1. The van der Waals surface area contributed by atoms with Gasteiger partial charge in [-0.2, -0.15) is 0 Å². The predicted molar refractivity (Wildman–Crippen MR) is 42.7 cm³/mol. The topological polar surface area (TPSA) is 41.8 Å². The molecule has 54 valence electrons. The summed E-state index contributed by atoms with van der Waals surface area (Å²) in [6.45, 7) is 0. The van der Waals surface area contributed by atoms with Crippen molar-refractivity contribution in [2.24, 2.45) is 15.9 Å². The molecule has 0 bridgehead atoms. The van der Waals surface area contributed by atoms with Gasteiger partial charge < -0.3 is 0 Å². The normalized spacial score (nSPS) is 26.7. The quantitative estimate of drug-likeness (QED) is 0.497. The van der Waals surface area contributed by atoms with Crippen LogP contribution in [-0.4, -0.2) is 17.7 Å². The van der Waals surface area contributed by atoms with Crippen molar-refractivity contribution in [3.05, 3.63) is 24.6 Å². The summed E-state index contributed by atoms with van der Waals surface area (Å²) in [4.78, 5) is 19.0. The third-order valence-electron chi connectivity index (χ3n) is 1.66. The molecule has 0 aromatic carbocycles. The molecule has 1 atom stereocenters. The Balaban J connectivity index is 2.43. The third-order valence-corrected chi connectivity index (χ3v) is 1.66. The van der Waals surface area contributed by atoms with E-state index in [-0.39, 0.29) is 11.7 Å². The van der Waals surface area contributed by atoms with Crippen LogP contribution in [0.25, 0.3) is 0 Å². The monoisotopic (exact) mass is 146 g/mol. The van der Waals surface area contributed by atoms with Crippen LogP contribution >= 0.6 is 0 Å². The molecule has 2 aliphatic heterocycles. The zero-order valence-corrected chi connectivity index (χ0v) is 5.77. The summed E-state index contributed by atoms with van der Waals surface area (Å²) in [7, 11) is 0. The second-order valence-corrected chi connectivity index (χ2v) is 2.37. The van der Waals surface area contributed by atoms with Crippen LogP contribution in [0.4, 0.5) is 0 Å². The lowest BCUT2D eigenvalue weighted by Gasteiger charge is -2.13. The Morgan fingerprint density at radius 2 is 2.27 bits per heavy atom. The maximum Gasteiger partial charge on any atom is 0.170 e. The van der Waals surface area contributed by atoms with Crippen LogP contribution in [0.15, 0.2) is 34.5 Å². The summed E-state index contributed by atoms with van der Waals surface area (Å²) in [5.41, 5.74) is 0.736. The minimum Gasteiger partial charge on any atom is -0.294 e. The molecule has 0 spiro atoms. The Morgan fingerprint density at radius 3 is 3.09 bits per heavy atom. The van der Waals surface area contributed by atoms with Crippen molar-refractivity contribution < 1.29 is 4.79 Å². The molecule has 2 rings (SSSR count). The van der Waals surface area contributed by atoms with E-state index in [1.165, 1.54) is 12.3 Å². The standard InChI is InChI=1S/C8H6N2O/c11-8-2-4-10-7-5-9-3-1-6(7)8/h1-6H. The highest BCUT2D eigenvalue weighted by molar-refractivity contribution is 6.39. The summed E-state index contributed by atoms with van der Waals surface area (Å²) in [5.74, 6) is -0.102. The molecule has 3 heteroatoms. The van der Waals surface area contributed by atoms with Crippen LogP contribution in [-0.2, 0) is 4.79 Å². The average molecular weight is 146 g/mol. The van der Waals surface area contributed by atoms with Crippen molar-refractivity contribution in [3.8, 4) is 0 Å². The first-order valence-corrected chi connectivity index (χ1v) is 3.36. The number of allylic oxidation sites excluding steroid dienone is 2. The molecule has 3 nitrogen and oxygen atoms in total. The molecular formula is C8H6N2O. The van der Waals surface area contributed by atoms with Gasteiger partial charge in [0.05, 0.1) is 11.6 Å². The second kappa shape index (κ2) is 2.27. The molecule has 0 saturated heterocycles. The zero-order valence-electron chi connectivity index (χ0n) is 5.77. The Kier molecular flexibility index (Phi) is 1.28. The number of fused-ring (bicyclic) bond motifs is 1. The number of carbonyl (C=O) groups excluding carboxylic acids is 1. The van der Waals surface area contributed by atoms with Crippen molar-refractivity contribution in [2.45, 2.75) is 0 Å². The van der Waals surface area contributed by atoms with E-state index in [1.54, 1.807) is 18.5 Å². The van der Waals surface area contributed by atoms with E-state index in [0.717, 1.165) is 5.71 Å². The summed E-state index contributed by atoms with van der Waals surface area (Å²) in [6.07, 6.45) is 7.99. The second-order valence-electron chi connectivity index (χ2n) is 2.37. The van der Waals surface area contributed by atoms with Crippen molar-refractivity contribution in [3.63, 3.8) is 0 Å². The molecule has 0 saturated carbocycles. The van der Waals surface area contributed by atoms with Crippen LogP contribution in [0.2, 0.25) is 0 Å². The number of aliphatic imine (C=N–C) groups is 2. The largest absolute Gasteiger partial charge is 0.294 e. The molecule has 0 N–H and O–H groups in total. The number of rotatable bonds is 0. The Labute approximate surface area is 63.9 Å². The molecule has 2 heterocycles. The van der Waals surface area contributed by atoms with Gasteiger partial charge in [-0.3, -0.25) is 14.8 Å². The van der Waals surface area contributed by atoms with Crippen molar-refractivity contribution in [1.82, 2.24) is 0 Å². The molecule has 0 fully saturated rings. The molecular weight excluding hydrogens is 140 g/mol. The summed E-state index contributed by atoms with van der Waals surface area (Å²) in [5, 5.41) is 0. The van der Waals surface area contributed by atoms with Gasteiger partial charge in [0.25, 0.3) is 0 Å². The molecule has 0 aromatic heterocycles. The molecule has 0 radical (unpaired) electrons. The molecule has 1 unspecified atom stereocenters. The summed E-state index contributed by atoms with van der Waals surface area (Å²) < 4.78 is 0. The van der Waals surface area contributed by atoms with E-state index in [2.05, 4.69) is 9.98 Å². The van der Waals surface area contributed by atoms with Gasteiger partial charge in [0, 0.05) is 24.7 Å². The van der Waals surface area contributed by atoms with E-state index < -0.39 is 0 Å². The van der Waals surface area contributed by atoms with Crippen LogP contribution in [0.1, 0.15) is 0 Å². The van der Waals surface area contributed by atoms with Gasteiger partial charge in [-0.25, -0.2) is 0 Å². The molecule has 11 heavy (non-hydrogen) atoms. The lowest BCUT2D eigenvalue weighted by atomic mass is 9.95. The van der Waals surface area contributed by atoms with Crippen LogP contribution < -0.4 is 0 Å². The highest BCUT2D eigenvalue weighted by Crippen LogP contribution is 2.12. The van der Waals surface area contributed by atoms with Crippen molar-refractivity contribution in [1.29, 1.82) is 0 Å². The number of nitrogens with zero attached hydrogens (tertiary/aromatic N) is 2. The fourth-order valence-electron chi connectivity index (χ4n) is 1.09. The lowest BCUT2D eigenvalue weighted by Crippen LogP contribution is -2.25. The maximum atomic E-state index is 11.1. The SMILES string of the molecule is O=C1C=CN=C2C=NC=CC12. The van der Waals surface area contributed by atoms with E-state index >= 15 is 0 Å². The molecule has 0 aromatic rings. The van der Waals surface area contributed by atoms with Gasteiger partial charge in [0.2, 0.25) is 0 Å². The predicted octanol–water partition coefficient (Wildman–Crippen LogP) is 0.738. The average Bonchev–Trinajstić information content (AvgIpc) is 2.06. The lowest BCUT2D eigenvalue weighted by molar-refractivity contribution is -0.115. The summed E-state index contributed by atoms with van der Waals surface area (Å²) >= 11 is 0. The van der Waals surface area contributed by atoms with E-state index in [0.29, 0.717) is 0 Å². The van der Waals surface area contributed by atoms with Gasteiger partial charge in [0.1, 0.15) is 0 Å². The van der Waals surface area contributed by atoms with Crippen LogP contribution in [0.3, 0.4) is 0 Å². The number of hydrogen-bond donors (Lipinski definition) is 0. The van der Waals surface area contributed by atoms with E-state index in [4.69, 9.17) is 0 Å². The minimum atomic E-state index is -0.183. The van der Waals surface area contributed by atoms with E-state index in [9.17, 15) is 4.79 Å².